The van der Waals surface area contributed by atoms with Gasteiger partial charge in [-0.05, 0) is 94.9 Å². The number of carbonyl (C=O) groups excluding carboxylic acids is 1. The summed E-state index contributed by atoms with van der Waals surface area (Å²) in [6, 6.07) is 19.9. The van der Waals surface area contributed by atoms with E-state index >= 15 is 0 Å². The Bertz CT molecular complexity index is 1270. The Morgan fingerprint density at radius 2 is 1.61 bits per heavy atom. The van der Waals surface area contributed by atoms with Crippen LogP contribution < -0.4 is 5.73 Å². The van der Waals surface area contributed by atoms with Crippen LogP contribution in [-0.4, -0.2) is 62.5 Å². The summed E-state index contributed by atoms with van der Waals surface area (Å²) >= 11 is 0. The Balaban J connectivity index is 1.04. The van der Waals surface area contributed by atoms with Crippen LogP contribution in [0.3, 0.4) is 0 Å². The second-order valence-corrected chi connectivity index (χ2v) is 12.5. The molecule has 2 atom stereocenters. The van der Waals surface area contributed by atoms with Crippen molar-refractivity contribution in [2.24, 2.45) is 5.73 Å². The lowest BCUT2D eigenvalue weighted by atomic mass is 9.88. The summed E-state index contributed by atoms with van der Waals surface area (Å²) in [4.78, 5) is 22.1. The zero-order valence-corrected chi connectivity index (χ0v) is 23.3. The monoisotopic (exact) mass is 513 g/mol. The van der Waals surface area contributed by atoms with Crippen LogP contribution in [0.4, 0.5) is 0 Å². The molecule has 3 aromatic rings. The van der Waals surface area contributed by atoms with Gasteiger partial charge in [-0.15, -0.1) is 0 Å². The minimum atomic E-state index is -0.782. The van der Waals surface area contributed by atoms with Gasteiger partial charge >= 0.3 is 0 Å². The number of piperidine rings is 2. The standard InChI is InChI=1S/C32H43N5O/c1-22-34-29-6-4-5-7-30(29)37(22)28-20-26-12-13-27(21-28)36(26)19-14-23-8-10-24(11-9-23)25-15-17-35(18-16-25)31(38)32(2,3)33/h4-11,25-28H,12-21,33H2,1-3H3. The Morgan fingerprint density at radius 3 is 2.26 bits per heavy atom. The van der Waals surface area contributed by atoms with Crippen LogP contribution in [0, 0.1) is 6.92 Å². The average Bonchev–Trinajstić information content (AvgIpc) is 3.37. The molecule has 0 spiro atoms. The van der Waals surface area contributed by atoms with Crippen LogP contribution >= 0.6 is 0 Å². The van der Waals surface area contributed by atoms with Crippen molar-refractivity contribution < 1.29 is 4.79 Å². The lowest BCUT2D eigenvalue weighted by molar-refractivity contribution is -0.136. The number of amides is 1. The lowest BCUT2D eigenvalue weighted by Crippen LogP contribution is -2.53. The Morgan fingerprint density at radius 1 is 0.947 bits per heavy atom. The molecule has 3 aliphatic rings. The third-order valence-corrected chi connectivity index (χ3v) is 9.44. The lowest BCUT2D eigenvalue weighted by Gasteiger charge is -2.40. The molecule has 2 bridgehead atoms. The summed E-state index contributed by atoms with van der Waals surface area (Å²) in [6.45, 7) is 8.53. The molecule has 0 saturated carbocycles. The summed E-state index contributed by atoms with van der Waals surface area (Å²) < 4.78 is 2.52. The molecular formula is C32H43N5O. The molecule has 2 unspecified atom stereocenters. The van der Waals surface area contributed by atoms with Crippen molar-refractivity contribution in [3.63, 3.8) is 0 Å². The van der Waals surface area contributed by atoms with Gasteiger partial charge in [0.2, 0.25) is 5.91 Å². The summed E-state index contributed by atoms with van der Waals surface area (Å²) in [7, 11) is 0. The Labute approximate surface area is 227 Å². The highest BCUT2D eigenvalue weighted by molar-refractivity contribution is 5.85. The van der Waals surface area contributed by atoms with E-state index in [1.807, 2.05) is 4.90 Å². The number of fused-ring (bicyclic) bond motifs is 3. The van der Waals surface area contributed by atoms with Crippen LogP contribution in [-0.2, 0) is 11.2 Å². The zero-order valence-electron chi connectivity index (χ0n) is 23.3. The zero-order chi connectivity index (χ0) is 26.4. The van der Waals surface area contributed by atoms with E-state index in [2.05, 4.69) is 64.9 Å². The van der Waals surface area contributed by atoms with E-state index in [9.17, 15) is 4.79 Å². The second-order valence-electron chi connectivity index (χ2n) is 12.5. The van der Waals surface area contributed by atoms with Gasteiger partial charge in [0, 0.05) is 37.8 Å². The maximum atomic E-state index is 12.5. The number of nitrogens with two attached hydrogens (primary N) is 1. The largest absolute Gasteiger partial charge is 0.341 e. The quantitative estimate of drug-likeness (QED) is 0.492. The third kappa shape index (κ3) is 4.89. The van der Waals surface area contributed by atoms with Crippen LogP contribution in [0.5, 0.6) is 0 Å². The molecule has 0 radical (unpaired) electrons. The van der Waals surface area contributed by atoms with Crippen molar-refractivity contribution in [1.82, 2.24) is 19.4 Å². The molecule has 3 saturated heterocycles. The number of hydrogen-bond acceptors (Lipinski definition) is 4. The van der Waals surface area contributed by atoms with Crippen molar-refractivity contribution >= 4 is 16.9 Å². The van der Waals surface area contributed by atoms with E-state index in [0.29, 0.717) is 24.0 Å². The maximum Gasteiger partial charge on any atom is 0.242 e. The maximum absolute atomic E-state index is 12.5. The van der Waals surface area contributed by atoms with Crippen molar-refractivity contribution in [3.05, 3.63) is 65.5 Å². The summed E-state index contributed by atoms with van der Waals surface area (Å²) in [5.74, 6) is 1.76. The molecule has 1 amide bonds. The molecule has 2 N–H and O–H groups in total. The van der Waals surface area contributed by atoms with Gasteiger partial charge in [0.05, 0.1) is 16.6 Å². The molecule has 4 heterocycles. The minimum absolute atomic E-state index is 0.0674. The van der Waals surface area contributed by atoms with Gasteiger partial charge in [-0.25, -0.2) is 4.98 Å². The van der Waals surface area contributed by atoms with Gasteiger partial charge in [-0.2, -0.15) is 0 Å². The first-order valence-corrected chi connectivity index (χ1v) is 14.6. The van der Waals surface area contributed by atoms with Gasteiger partial charge in [0.1, 0.15) is 5.82 Å². The van der Waals surface area contributed by atoms with E-state index in [1.54, 1.807) is 13.8 Å². The van der Waals surface area contributed by atoms with Crippen molar-refractivity contribution in [3.8, 4) is 0 Å². The average molecular weight is 514 g/mol. The molecule has 0 aliphatic carbocycles. The van der Waals surface area contributed by atoms with Crippen LogP contribution in [0.1, 0.15) is 81.3 Å². The third-order valence-electron chi connectivity index (χ3n) is 9.44. The van der Waals surface area contributed by atoms with Gasteiger partial charge in [-0.3, -0.25) is 9.69 Å². The molecule has 1 aromatic heterocycles. The summed E-state index contributed by atoms with van der Waals surface area (Å²) in [5, 5.41) is 0. The molecule has 202 valence electrons. The van der Waals surface area contributed by atoms with Crippen molar-refractivity contribution in [2.75, 3.05) is 19.6 Å². The number of nitrogens with zero attached hydrogens (tertiary/aromatic N) is 4. The minimum Gasteiger partial charge on any atom is -0.341 e. The number of likely N-dealkylation sites (tertiary alicyclic amines) is 1. The number of para-hydroxylation sites is 2. The number of hydrogen-bond donors (Lipinski definition) is 1. The van der Waals surface area contributed by atoms with E-state index in [0.717, 1.165) is 50.2 Å². The Hall–Kier alpha value is -2.70. The molecule has 6 nitrogen and oxygen atoms in total. The van der Waals surface area contributed by atoms with Crippen LogP contribution in [0.25, 0.3) is 11.0 Å². The predicted octanol–water partition coefficient (Wildman–Crippen LogP) is 5.20. The summed E-state index contributed by atoms with van der Waals surface area (Å²) in [6.07, 6.45) is 8.28. The fourth-order valence-electron chi connectivity index (χ4n) is 7.49. The molecular weight excluding hydrogens is 470 g/mol. The molecule has 2 aromatic carbocycles. The van der Waals surface area contributed by atoms with Crippen LogP contribution in [0.2, 0.25) is 0 Å². The SMILES string of the molecule is Cc1nc2ccccc2n1C1CC2CCC(C1)N2CCc1ccc(C2CCN(C(=O)C(C)(C)N)CC2)cc1. The first-order chi connectivity index (χ1) is 18.3. The fourth-order valence-corrected chi connectivity index (χ4v) is 7.49. The molecule has 3 aliphatic heterocycles. The molecule has 6 heteroatoms. The first kappa shape index (κ1) is 25.6. The number of rotatable bonds is 6. The van der Waals surface area contributed by atoms with Gasteiger partial charge in [-0.1, -0.05) is 36.4 Å². The smallest absolute Gasteiger partial charge is 0.242 e. The normalized spacial score (nSPS) is 24.8. The number of carbonyl (C=O) groups is 1. The first-order valence-electron chi connectivity index (χ1n) is 14.6. The summed E-state index contributed by atoms with van der Waals surface area (Å²) in [5.41, 5.74) is 10.5. The van der Waals surface area contributed by atoms with E-state index in [1.165, 1.54) is 42.3 Å². The van der Waals surface area contributed by atoms with Crippen molar-refractivity contribution in [2.45, 2.75) is 95.3 Å². The second kappa shape index (κ2) is 10.1. The topological polar surface area (TPSA) is 67.4 Å². The highest BCUT2D eigenvalue weighted by Crippen LogP contribution is 2.42. The highest BCUT2D eigenvalue weighted by Gasteiger charge is 2.41. The van der Waals surface area contributed by atoms with Crippen molar-refractivity contribution in [1.29, 1.82) is 0 Å². The van der Waals surface area contributed by atoms with Crippen LogP contribution in [0.15, 0.2) is 48.5 Å². The van der Waals surface area contributed by atoms with Gasteiger partial charge in [0.15, 0.2) is 0 Å². The molecule has 6 rings (SSSR count). The predicted molar refractivity (Wildman–Crippen MR) is 153 cm³/mol. The molecule has 38 heavy (non-hydrogen) atoms. The van der Waals surface area contributed by atoms with E-state index in [4.69, 9.17) is 10.7 Å². The van der Waals surface area contributed by atoms with Gasteiger partial charge < -0.3 is 15.2 Å². The number of imidazole rings is 1. The van der Waals surface area contributed by atoms with E-state index in [-0.39, 0.29) is 5.91 Å². The van der Waals surface area contributed by atoms with Gasteiger partial charge in [0.25, 0.3) is 0 Å². The number of benzene rings is 2. The fraction of sp³-hybridized carbons (Fsp3) is 0.562. The number of aromatic nitrogens is 2. The van der Waals surface area contributed by atoms with E-state index < -0.39 is 5.54 Å². The highest BCUT2D eigenvalue weighted by atomic mass is 16.2. The molecule has 3 fully saturated rings. The number of aryl methyl sites for hydroxylation is 1. The Kier molecular flexibility index (Phi) is 6.81.